The molecule has 0 unspecified atom stereocenters. The lowest BCUT2D eigenvalue weighted by molar-refractivity contribution is 0.0690. The van der Waals surface area contributed by atoms with Crippen molar-refractivity contribution in [2.45, 2.75) is 24.3 Å². The molecule has 0 bridgehead atoms. The van der Waals surface area contributed by atoms with E-state index in [0.717, 1.165) is 23.7 Å². The minimum absolute atomic E-state index is 0.137. The van der Waals surface area contributed by atoms with Gasteiger partial charge < -0.3 is 13.9 Å². The van der Waals surface area contributed by atoms with Crippen molar-refractivity contribution in [3.63, 3.8) is 0 Å². The van der Waals surface area contributed by atoms with Gasteiger partial charge in [-0.3, -0.25) is 0 Å². The first kappa shape index (κ1) is 10.7. The van der Waals surface area contributed by atoms with Crippen LogP contribution in [0, 0.1) is 13.8 Å². The fourth-order valence-electron chi connectivity index (χ4n) is 0.964. The van der Waals surface area contributed by atoms with Crippen molar-refractivity contribution in [2.75, 3.05) is 0 Å². The Balaban J connectivity index is 2.17. The molecule has 0 saturated carbocycles. The number of hydrogen-bond donors (Lipinski definition) is 1. The van der Waals surface area contributed by atoms with E-state index in [1.165, 1.54) is 0 Å². The molecule has 2 heterocycles. The fourth-order valence-corrected chi connectivity index (χ4v) is 1.70. The average molecular weight is 240 g/mol. The third-order valence-electron chi connectivity index (χ3n) is 1.89. The second-order valence-electron chi connectivity index (χ2n) is 3.03. The van der Waals surface area contributed by atoms with Crippen molar-refractivity contribution >= 4 is 17.7 Å². The van der Waals surface area contributed by atoms with Crippen molar-refractivity contribution < 1.29 is 18.7 Å². The van der Waals surface area contributed by atoms with Crippen LogP contribution in [0.5, 0.6) is 0 Å². The lowest BCUT2D eigenvalue weighted by atomic mass is 10.4. The van der Waals surface area contributed by atoms with Crippen LogP contribution in [0.2, 0.25) is 0 Å². The maximum Gasteiger partial charge on any atom is 0.357 e. The smallest absolute Gasteiger partial charge is 0.357 e. The van der Waals surface area contributed by atoms with Crippen molar-refractivity contribution in [2.24, 2.45) is 0 Å². The molecule has 0 fully saturated rings. The molecular weight excluding hydrogens is 232 g/mol. The van der Waals surface area contributed by atoms with E-state index in [-0.39, 0.29) is 10.9 Å². The molecule has 0 aliphatic heterocycles. The van der Waals surface area contributed by atoms with E-state index in [2.05, 4.69) is 9.97 Å². The van der Waals surface area contributed by atoms with Crippen molar-refractivity contribution in [1.82, 2.24) is 9.97 Å². The number of carboxylic acid groups (broad SMARTS) is 1. The number of hydrogen-bond acceptors (Lipinski definition) is 6. The molecule has 7 heteroatoms. The summed E-state index contributed by atoms with van der Waals surface area (Å²) in [6, 6.07) is 0. The van der Waals surface area contributed by atoms with Crippen LogP contribution < -0.4 is 0 Å². The summed E-state index contributed by atoms with van der Waals surface area (Å²) in [5.74, 6) is -0.414. The predicted octanol–water partition coefficient (Wildman–Crippen LogP) is 2.13. The van der Waals surface area contributed by atoms with Crippen LogP contribution in [0.3, 0.4) is 0 Å². The Bertz CT molecular complexity index is 512. The van der Waals surface area contributed by atoms with Gasteiger partial charge in [0.05, 0.1) is 5.69 Å². The highest BCUT2D eigenvalue weighted by Crippen LogP contribution is 2.27. The monoisotopic (exact) mass is 240 g/mol. The normalized spacial score (nSPS) is 10.6. The van der Waals surface area contributed by atoms with Gasteiger partial charge in [-0.25, -0.2) is 9.78 Å². The minimum Gasteiger partial charge on any atom is -0.476 e. The maximum absolute atomic E-state index is 10.6. The van der Waals surface area contributed by atoms with Gasteiger partial charge >= 0.3 is 5.97 Å². The molecule has 2 aromatic rings. The van der Waals surface area contributed by atoms with Crippen LogP contribution in [0.4, 0.5) is 0 Å². The van der Waals surface area contributed by atoms with Gasteiger partial charge in [0.1, 0.15) is 12.0 Å². The number of rotatable bonds is 3. The first-order chi connectivity index (χ1) is 7.56. The molecule has 0 spiro atoms. The highest BCUT2D eigenvalue weighted by molar-refractivity contribution is 7.98. The van der Waals surface area contributed by atoms with Crippen LogP contribution in [0.1, 0.15) is 21.9 Å². The predicted molar refractivity (Wildman–Crippen MR) is 53.6 cm³/mol. The highest BCUT2D eigenvalue weighted by Gasteiger charge is 2.14. The van der Waals surface area contributed by atoms with Gasteiger partial charge in [0.15, 0.2) is 5.69 Å². The Labute approximate surface area is 94.7 Å². The molecule has 2 aromatic heterocycles. The van der Waals surface area contributed by atoms with Gasteiger partial charge in [0.25, 0.3) is 10.4 Å². The molecule has 0 amide bonds. The summed E-state index contributed by atoms with van der Waals surface area (Å²) in [6.07, 6.45) is 1.08. The van der Waals surface area contributed by atoms with Crippen molar-refractivity contribution in [1.29, 1.82) is 0 Å². The highest BCUT2D eigenvalue weighted by atomic mass is 32.2. The summed E-state index contributed by atoms with van der Waals surface area (Å²) in [7, 11) is 0. The molecule has 6 nitrogen and oxygen atoms in total. The molecule has 0 radical (unpaired) electrons. The summed E-state index contributed by atoms with van der Waals surface area (Å²) in [6.45, 7) is 3.62. The van der Waals surface area contributed by atoms with Gasteiger partial charge in [-0.05, 0) is 13.8 Å². The Kier molecular flexibility index (Phi) is 2.69. The molecular formula is C9H8N2O4S. The number of oxazole rings is 2. The standard InChI is InChI=1S/C9H8N2O4S/c1-4-5(2)15-9(10-4)16-8-11-6(3-14-8)7(12)13/h3H,1-2H3,(H,12,13). The third kappa shape index (κ3) is 2.08. The van der Waals surface area contributed by atoms with E-state index in [1.54, 1.807) is 6.92 Å². The molecule has 1 N–H and O–H groups in total. The van der Waals surface area contributed by atoms with Crippen LogP contribution in [-0.2, 0) is 0 Å². The van der Waals surface area contributed by atoms with Crippen LogP contribution in [0.15, 0.2) is 25.5 Å². The van der Waals surface area contributed by atoms with Gasteiger partial charge in [-0.1, -0.05) is 0 Å². The van der Waals surface area contributed by atoms with Gasteiger partial charge in [-0.15, -0.1) is 0 Å². The average Bonchev–Trinajstić information content (AvgIpc) is 2.76. The maximum atomic E-state index is 10.6. The van der Waals surface area contributed by atoms with Gasteiger partial charge in [0.2, 0.25) is 0 Å². The Hall–Kier alpha value is -1.76. The Morgan fingerprint density at radius 3 is 2.62 bits per heavy atom. The van der Waals surface area contributed by atoms with E-state index >= 15 is 0 Å². The zero-order valence-corrected chi connectivity index (χ0v) is 9.37. The Morgan fingerprint density at radius 2 is 2.12 bits per heavy atom. The molecule has 16 heavy (non-hydrogen) atoms. The van der Waals surface area contributed by atoms with E-state index in [0.29, 0.717) is 11.0 Å². The number of aryl methyl sites for hydroxylation is 2. The minimum atomic E-state index is -1.13. The van der Waals surface area contributed by atoms with Crippen molar-refractivity contribution in [3.05, 3.63) is 23.4 Å². The molecule has 0 atom stereocenters. The van der Waals surface area contributed by atoms with E-state index in [9.17, 15) is 4.79 Å². The van der Waals surface area contributed by atoms with E-state index < -0.39 is 5.97 Å². The molecule has 0 aromatic carbocycles. The largest absolute Gasteiger partial charge is 0.476 e. The Morgan fingerprint density at radius 1 is 1.38 bits per heavy atom. The topological polar surface area (TPSA) is 89.4 Å². The summed E-state index contributed by atoms with van der Waals surface area (Å²) in [4.78, 5) is 18.4. The van der Waals surface area contributed by atoms with Gasteiger partial charge in [-0.2, -0.15) is 4.98 Å². The first-order valence-corrected chi connectivity index (χ1v) is 5.18. The zero-order chi connectivity index (χ0) is 11.7. The number of aromatic nitrogens is 2. The SMILES string of the molecule is Cc1nc(Sc2nc(C(=O)O)co2)oc1C. The summed E-state index contributed by atoms with van der Waals surface area (Å²) >= 11 is 1.04. The summed E-state index contributed by atoms with van der Waals surface area (Å²) < 4.78 is 10.2. The molecule has 0 saturated heterocycles. The number of nitrogens with zero attached hydrogens (tertiary/aromatic N) is 2. The molecule has 2 rings (SSSR count). The van der Waals surface area contributed by atoms with E-state index in [1.807, 2.05) is 6.92 Å². The second-order valence-corrected chi connectivity index (χ2v) is 3.93. The van der Waals surface area contributed by atoms with Gasteiger partial charge in [0, 0.05) is 11.8 Å². The number of carbonyl (C=O) groups is 1. The second kappa shape index (κ2) is 4.01. The molecule has 0 aliphatic rings. The van der Waals surface area contributed by atoms with Crippen molar-refractivity contribution in [3.8, 4) is 0 Å². The summed E-state index contributed by atoms with van der Waals surface area (Å²) in [5, 5.41) is 9.22. The van der Waals surface area contributed by atoms with Crippen LogP contribution in [-0.4, -0.2) is 21.0 Å². The first-order valence-electron chi connectivity index (χ1n) is 4.37. The number of carboxylic acids is 1. The fraction of sp³-hybridized carbons (Fsp3) is 0.222. The quantitative estimate of drug-likeness (QED) is 0.878. The molecule has 84 valence electrons. The third-order valence-corrected chi connectivity index (χ3v) is 2.60. The lowest BCUT2D eigenvalue weighted by Gasteiger charge is -1.87. The number of aromatic carboxylic acids is 1. The van der Waals surface area contributed by atoms with E-state index in [4.69, 9.17) is 13.9 Å². The lowest BCUT2D eigenvalue weighted by Crippen LogP contribution is -1.95. The zero-order valence-electron chi connectivity index (χ0n) is 8.55. The summed E-state index contributed by atoms with van der Waals surface area (Å²) in [5.41, 5.74) is 0.648. The molecule has 0 aliphatic carbocycles. The van der Waals surface area contributed by atoms with Crippen LogP contribution >= 0.6 is 11.8 Å². The van der Waals surface area contributed by atoms with Crippen LogP contribution in [0.25, 0.3) is 0 Å².